The van der Waals surface area contributed by atoms with E-state index in [4.69, 9.17) is 5.11 Å². The van der Waals surface area contributed by atoms with Crippen LogP contribution >= 0.6 is 0 Å². The van der Waals surface area contributed by atoms with Gasteiger partial charge in [0.1, 0.15) is 11.1 Å². The molecule has 2 atom stereocenters. The summed E-state index contributed by atoms with van der Waals surface area (Å²) >= 11 is 0. The zero-order chi connectivity index (χ0) is 12.1. The van der Waals surface area contributed by atoms with Crippen molar-refractivity contribution in [3.63, 3.8) is 0 Å². The summed E-state index contributed by atoms with van der Waals surface area (Å²) in [5.41, 5.74) is 0. The van der Waals surface area contributed by atoms with Crippen LogP contribution < -0.4 is 0 Å². The first-order valence-corrected chi connectivity index (χ1v) is 6.17. The van der Waals surface area contributed by atoms with E-state index in [9.17, 15) is 13.4 Å². The number of carbonyl (C=O) groups is 1. The van der Waals surface area contributed by atoms with Gasteiger partial charge in [-0.3, -0.25) is 9.00 Å². The lowest BCUT2D eigenvalue weighted by molar-refractivity contribution is -0.136. The van der Waals surface area contributed by atoms with Gasteiger partial charge in [0.25, 0.3) is 0 Å². The Morgan fingerprint density at radius 2 is 2.12 bits per heavy atom. The van der Waals surface area contributed by atoms with Gasteiger partial charge in [-0.2, -0.15) is 0 Å². The van der Waals surface area contributed by atoms with Crippen molar-refractivity contribution in [2.24, 2.45) is 0 Å². The predicted octanol–water partition coefficient (Wildman–Crippen LogP) is 2.19. The topological polar surface area (TPSA) is 54.4 Å². The molecule has 1 N–H and O–H groups in total. The average molecular weight is 244 g/mol. The van der Waals surface area contributed by atoms with Gasteiger partial charge in [-0.1, -0.05) is 25.5 Å². The van der Waals surface area contributed by atoms with Gasteiger partial charge in [-0.15, -0.1) is 0 Å². The molecule has 0 saturated carbocycles. The molecule has 0 radical (unpaired) electrons. The molecule has 0 fully saturated rings. The van der Waals surface area contributed by atoms with Crippen molar-refractivity contribution < 1.29 is 18.5 Å². The number of carboxylic acids is 1. The molecule has 0 bridgehead atoms. The zero-order valence-corrected chi connectivity index (χ0v) is 9.67. The minimum absolute atomic E-state index is 0.0386. The highest BCUT2D eigenvalue weighted by Gasteiger charge is 2.26. The largest absolute Gasteiger partial charge is 0.480 e. The van der Waals surface area contributed by atoms with Crippen LogP contribution in [0.15, 0.2) is 29.2 Å². The van der Waals surface area contributed by atoms with Crippen LogP contribution in [0.25, 0.3) is 0 Å². The average Bonchev–Trinajstić information content (AvgIpc) is 2.25. The number of halogens is 1. The third-order valence-electron chi connectivity index (χ3n) is 2.14. The van der Waals surface area contributed by atoms with Gasteiger partial charge in [0.2, 0.25) is 0 Å². The van der Waals surface area contributed by atoms with Crippen molar-refractivity contribution in [3.8, 4) is 0 Å². The summed E-state index contributed by atoms with van der Waals surface area (Å²) < 4.78 is 25.2. The third kappa shape index (κ3) is 2.88. The Balaban J connectivity index is 2.99. The lowest BCUT2D eigenvalue weighted by atomic mass is 10.2. The smallest absolute Gasteiger partial charge is 0.319 e. The van der Waals surface area contributed by atoms with Crippen LogP contribution in [0.4, 0.5) is 4.39 Å². The second kappa shape index (κ2) is 5.75. The molecule has 0 aliphatic heterocycles. The van der Waals surface area contributed by atoms with Gasteiger partial charge in [0, 0.05) is 0 Å². The maximum atomic E-state index is 13.3. The summed E-state index contributed by atoms with van der Waals surface area (Å²) in [5, 5.41) is 7.87. The maximum Gasteiger partial charge on any atom is 0.319 e. The minimum Gasteiger partial charge on any atom is -0.480 e. The SMILES string of the molecule is CCCC(C(=O)O)S(=O)c1ccccc1F. The molecule has 0 spiro atoms. The first kappa shape index (κ1) is 12.8. The summed E-state index contributed by atoms with van der Waals surface area (Å²) in [5.74, 6) is -1.77. The van der Waals surface area contributed by atoms with E-state index in [1.807, 2.05) is 0 Å². The van der Waals surface area contributed by atoms with Crippen LogP contribution in [-0.2, 0) is 15.6 Å². The van der Waals surface area contributed by atoms with Crippen molar-refractivity contribution in [2.75, 3.05) is 0 Å². The zero-order valence-electron chi connectivity index (χ0n) is 8.85. The number of hydrogen-bond acceptors (Lipinski definition) is 2. The van der Waals surface area contributed by atoms with Gasteiger partial charge in [0.05, 0.1) is 15.7 Å². The first-order chi connectivity index (χ1) is 7.57. The van der Waals surface area contributed by atoms with E-state index in [1.165, 1.54) is 18.2 Å². The Morgan fingerprint density at radius 1 is 1.50 bits per heavy atom. The van der Waals surface area contributed by atoms with Crippen molar-refractivity contribution in [1.82, 2.24) is 0 Å². The molecule has 0 aromatic heterocycles. The molecule has 3 nitrogen and oxygen atoms in total. The van der Waals surface area contributed by atoms with Crippen LogP contribution in [0.1, 0.15) is 19.8 Å². The lowest BCUT2D eigenvalue weighted by Crippen LogP contribution is -2.26. The normalized spacial score (nSPS) is 14.4. The molecule has 2 unspecified atom stereocenters. The Kier molecular flexibility index (Phi) is 4.61. The standard InChI is InChI=1S/C11H13FO3S/c1-2-5-10(11(13)14)16(15)9-7-4-3-6-8(9)12/h3-4,6-7,10H,2,5H2,1H3,(H,13,14). The number of rotatable bonds is 5. The predicted molar refractivity (Wildman–Crippen MR) is 59.1 cm³/mol. The Morgan fingerprint density at radius 3 is 2.62 bits per heavy atom. The van der Waals surface area contributed by atoms with Crippen LogP contribution in [0.3, 0.4) is 0 Å². The van der Waals surface area contributed by atoms with E-state index < -0.39 is 27.8 Å². The quantitative estimate of drug-likeness (QED) is 0.863. The molecule has 0 amide bonds. The Labute approximate surface area is 95.8 Å². The van der Waals surface area contributed by atoms with E-state index in [1.54, 1.807) is 13.0 Å². The van der Waals surface area contributed by atoms with Crippen LogP contribution in [-0.4, -0.2) is 20.5 Å². The Hall–Kier alpha value is -1.23. The van der Waals surface area contributed by atoms with Crippen LogP contribution in [0, 0.1) is 5.82 Å². The Bertz CT molecular complexity index is 406. The fraction of sp³-hybridized carbons (Fsp3) is 0.364. The van der Waals surface area contributed by atoms with E-state index in [0.717, 1.165) is 0 Å². The highest BCUT2D eigenvalue weighted by atomic mass is 32.2. The van der Waals surface area contributed by atoms with Gasteiger partial charge < -0.3 is 5.11 Å². The number of hydrogen-bond donors (Lipinski definition) is 1. The van der Waals surface area contributed by atoms with Crippen LogP contribution in [0.2, 0.25) is 0 Å². The van der Waals surface area contributed by atoms with Crippen molar-refractivity contribution >= 4 is 16.8 Å². The highest BCUT2D eigenvalue weighted by Crippen LogP contribution is 2.18. The fourth-order valence-electron chi connectivity index (χ4n) is 1.35. The monoisotopic (exact) mass is 244 g/mol. The number of carboxylic acid groups (broad SMARTS) is 1. The van der Waals surface area contributed by atoms with Crippen LogP contribution in [0.5, 0.6) is 0 Å². The molecule has 5 heteroatoms. The molecule has 1 aromatic rings. The first-order valence-electron chi connectivity index (χ1n) is 4.95. The highest BCUT2D eigenvalue weighted by molar-refractivity contribution is 7.86. The van der Waals surface area contributed by atoms with Crippen molar-refractivity contribution in [2.45, 2.75) is 29.9 Å². The molecule has 0 saturated heterocycles. The molecule has 0 aliphatic rings. The molecule has 1 rings (SSSR count). The summed E-state index contributed by atoms with van der Waals surface area (Å²) in [4.78, 5) is 10.9. The molecular formula is C11H13FO3S. The number of aliphatic carboxylic acids is 1. The summed E-state index contributed by atoms with van der Waals surface area (Å²) in [6.07, 6.45) is 0.868. The fourth-order valence-corrected chi connectivity index (χ4v) is 2.76. The van der Waals surface area contributed by atoms with Gasteiger partial charge in [-0.05, 0) is 18.6 Å². The molecule has 16 heavy (non-hydrogen) atoms. The summed E-state index contributed by atoms with van der Waals surface area (Å²) in [6.45, 7) is 1.80. The molecule has 1 aromatic carbocycles. The summed E-state index contributed by atoms with van der Waals surface area (Å²) in [7, 11) is -1.84. The van der Waals surface area contributed by atoms with Gasteiger partial charge in [-0.25, -0.2) is 4.39 Å². The lowest BCUT2D eigenvalue weighted by Gasteiger charge is -2.11. The van der Waals surface area contributed by atoms with E-state index in [0.29, 0.717) is 6.42 Å². The second-order valence-electron chi connectivity index (χ2n) is 3.34. The van der Waals surface area contributed by atoms with Gasteiger partial charge >= 0.3 is 5.97 Å². The molecule has 0 heterocycles. The van der Waals surface area contributed by atoms with Crippen molar-refractivity contribution in [3.05, 3.63) is 30.1 Å². The van der Waals surface area contributed by atoms with E-state index in [2.05, 4.69) is 0 Å². The molecular weight excluding hydrogens is 231 g/mol. The van der Waals surface area contributed by atoms with Crippen molar-refractivity contribution in [1.29, 1.82) is 0 Å². The van der Waals surface area contributed by atoms with E-state index in [-0.39, 0.29) is 11.3 Å². The number of benzene rings is 1. The maximum absolute atomic E-state index is 13.3. The van der Waals surface area contributed by atoms with Gasteiger partial charge in [0.15, 0.2) is 0 Å². The second-order valence-corrected chi connectivity index (χ2v) is 4.95. The summed E-state index contributed by atoms with van der Waals surface area (Å²) in [6, 6.07) is 5.56. The third-order valence-corrected chi connectivity index (χ3v) is 3.86. The molecule has 88 valence electrons. The minimum atomic E-state index is -1.84. The van der Waals surface area contributed by atoms with E-state index >= 15 is 0 Å². The molecule has 0 aliphatic carbocycles.